The predicted molar refractivity (Wildman–Crippen MR) is 65.1 cm³/mol. The van der Waals surface area contributed by atoms with Gasteiger partial charge in [-0.2, -0.15) is 0 Å². The number of nitrogens with two attached hydrogens (primary N) is 1. The summed E-state index contributed by atoms with van der Waals surface area (Å²) in [6, 6.07) is 7.76. The Balaban J connectivity index is 2.45. The molecule has 0 amide bonds. The van der Waals surface area contributed by atoms with Crippen LogP contribution in [0.4, 0.5) is 5.69 Å². The molecule has 0 saturated heterocycles. The van der Waals surface area contributed by atoms with Gasteiger partial charge in [-0.15, -0.1) is 0 Å². The molecule has 0 spiro atoms. The minimum Gasteiger partial charge on any atom is -0.398 e. The van der Waals surface area contributed by atoms with Crippen LogP contribution in [0.2, 0.25) is 0 Å². The van der Waals surface area contributed by atoms with Gasteiger partial charge in [-0.1, -0.05) is 18.2 Å². The average Bonchev–Trinajstić information content (AvgIpc) is 2.21. The molecule has 16 heavy (non-hydrogen) atoms. The highest BCUT2D eigenvalue weighted by Gasteiger charge is 2.09. The number of anilines is 1. The van der Waals surface area contributed by atoms with Crippen LogP contribution in [0.25, 0.3) is 0 Å². The number of nitrogen functional groups attached to an aromatic ring is 1. The maximum atomic E-state index is 9.57. The van der Waals surface area contributed by atoms with Gasteiger partial charge in [0, 0.05) is 25.9 Å². The topological polar surface area (TPSA) is 58.7 Å². The molecule has 0 bridgehead atoms. The quantitative estimate of drug-likeness (QED) is 0.699. The fraction of sp³-hybridized carbons (Fsp3) is 0.500. The normalized spacial score (nSPS) is 13.0. The van der Waals surface area contributed by atoms with E-state index < -0.39 is 6.10 Å². The molecular weight excluding hydrogens is 204 g/mol. The molecule has 1 rings (SSSR count). The van der Waals surface area contributed by atoms with Crippen molar-refractivity contribution in [1.82, 2.24) is 4.90 Å². The molecule has 0 fully saturated rings. The number of aliphatic hydroxyl groups is 1. The summed E-state index contributed by atoms with van der Waals surface area (Å²) in [4.78, 5) is 2.02. The second kappa shape index (κ2) is 6.48. The van der Waals surface area contributed by atoms with E-state index in [1.54, 1.807) is 7.11 Å². The number of benzene rings is 1. The molecule has 1 aromatic carbocycles. The first-order valence-electron chi connectivity index (χ1n) is 5.32. The van der Waals surface area contributed by atoms with E-state index in [0.29, 0.717) is 13.2 Å². The lowest BCUT2D eigenvalue weighted by Crippen LogP contribution is -2.31. The Kier molecular flexibility index (Phi) is 5.25. The largest absolute Gasteiger partial charge is 0.398 e. The summed E-state index contributed by atoms with van der Waals surface area (Å²) in [5, 5.41) is 9.57. The van der Waals surface area contributed by atoms with E-state index in [9.17, 15) is 5.11 Å². The van der Waals surface area contributed by atoms with Crippen LogP contribution in [0.3, 0.4) is 0 Å². The number of hydrogen-bond acceptors (Lipinski definition) is 4. The lowest BCUT2D eigenvalue weighted by molar-refractivity contribution is 0.0419. The van der Waals surface area contributed by atoms with Crippen molar-refractivity contribution in [2.75, 3.05) is 33.0 Å². The van der Waals surface area contributed by atoms with Crippen molar-refractivity contribution in [3.05, 3.63) is 29.8 Å². The predicted octanol–water partition coefficient (Wildman–Crippen LogP) is 0.708. The monoisotopic (exact) mass is 224 g/mol. The van der Waals surface area contributed by atoms with E-state index in [0.717, 1.165) is 17.8 Å². The summed E-state index contributed by atoms with van der Waals surface area (Å²) in [5.74, 6) is 0. The van der Waals surface area contributed by atoms with Crippen LogP contribution in [-0.2, 0) is 11.3 Å². The highest BCUT2D eigenvalue weighted by molar-refractivity contribution is 5.46. The molecule has 1 unspecified atom stereocenters. The third-order valence-electron chi connectivity index (χ3n) is 2.38. The van der Waals surface area contributed by atoms with Crippen molar-refractivity contribution in [3.8, 4) is 0 Å². The zero-order valence-corrected chi connectivity index (χ0v) is 9.89. The van der Waals surface area contributed by atoms with E-state index in [2.05, 4.69) is 0 Å². The first kappa shape index (κ1) is 13.0. The summed E-state index contributed by atoms with van der Waals surface area (Å²) in [6.45, 7) is 1.66. The lowest BCUT2D eigenvalue weighted by atomic mass is 10.1. The summed E-state index contributed by atoms with van der Waals surface area (Å²) < 4.78 is 4.88. The zero-order valence-electron chi connectivity index (χ0n) is 9.89. The van der Waals surface area contributed by atoms with E-state index in [-0.39, 0.29) is 0 Å². The van der Waals surface area contributed by atoms with Gasteiger partial charge in [-0.3, -0.25) is 4.90 Å². The van der Waals surface area contributed by atoms with Gasteiger partial charge in [0.2, 0.25) is 0 Å². The number of para-hydroxylation sites is 1. The van der Waals surface area contributed by atoms with Gasteiger partial charge in [-0.25, -0.2) is 0 Å². The molecule has 0 saturated carbocycles. The van der Waals surface area contributed by atoms with Crippen molar-refractivity contribution < 1.29 is 9.84 Å². The van der Waals surface area contributed by atoms with Gasteiger partial charge in [0.1, 0.15) is 0 Å². The Morgan fingerprint density at radius 3 is 2.75 bits per heavy atom. The first-order valence-corrected chi connectivity index (χ1v) is 5.32. The van der Waals surface area contributed by atoms with Crippen LogP contribution in [0.1, 0.15) is 5.56 Å². The van der Waals surface area contributed by atoms with Crippen molar-refractivity contribution in [3.63, 3.8) is 0 Å². The van der Waals surface area contributed by atoms with E-state index in [4.69, 9.17) is 10.5 Å². The van der Waals surface area contributed by atoms with Crippen molar-refractivity contribution in [1.29, 1.82) is 0 Å². The molecule has 0 aliphatic heterocycles. The summed E-state index contributed by atoms with van der Waals surface area (Å²) >= 11 is 0. The summed E-state index contributed by atoms with van der Waals surface area (Å²) in [7, 11) is 3.53. The maximum Gasteiger partial charge on any atom is 0.0900 e. The third kappa shape index (κ3) is 4.18. The lowest BCUT2D eigenvalue weighted by Gasteiger charge is -2.20. The molecular formula is C12H20N2O2. The summed E-state index contributed by atoms with van der Waals surface area (Å²) in [6.07, 6.45) is -0.458. The van der Waals surface area contributed by atoms with Crippen LogP contribution in [-0.4, -0.2) is 43.4 Å². The third-order valence-corrected chi connectivity index (χ3v) is 2.38. The van der Waals surface area contributed by atoms with Gasteiger partial charge in [0.05, 0.1) is 12.7 Å². The van der Waals surface area contributed by atoms with Crippen molar-refractivity contribution in [2.24, 2.45) is 0 Å². The van der Waals surface area contributed by atoms with Gasteiger partial charge in [-0.05, 0) is 18.7 Å². The smallest absolute Gasteiger partial charge is 0.0900 e. The molecule has 0 heterocycles. The number of likely N-dealkylation sites (N-methyl/N-ethyl adjacent to an activating group) is 1. The Hall–Kier alpha value is -1.10. The van der Waals surface area contributed by atoms with E-state index >= 15 is 0 Å². The van der Waals surface area contributed by atoms with Crippen molar-refractivity contribution in [2.45, 2.75) is 12.6 Å². The van der Waals surface area contributed by atoms with Gasteiger partial charge < -0.3 is 15.6 Å². The minimum absolute atomic E-state index is 0.356. The Bertz CT molecular complexity index is 318. The standard InChI is InChI=1S/C12H20N2O2/c1-14(8-11(15)9-16-2)7-10-5-3-4-6-12(10)13/h3-6,11,15H,7-9,13H2,1-2H3. The molecule has 1 atom stereocenters. The Morgan fingerprint density at radius 1 is 1.44 bits per heavy atom. The second-order valence-electron chi connectivity index (χ2n) is 4.00. The van der Waals surface area contributed by atoms with Crippen LogP contribution >= 0.6 is 0 Å². The molecule has 0 aliphatic carbocycles. The fourth-order valence-electron chi connectivity index (χ4n) is 1.64. The van der Waals surface area contributed by atoms with Crippen LogP contribution < -0.4 is 5.73 Å². The fourth-order valence-corrected chi connectivity index (χ4v) is 1.64. The second-order valence-corrected chi connectivity index (χ2v) is 4.00. The summed E-state index contributed by atoms with van der Waals surface area (Å²) in [5.41, 5.74) is 7.71. The molecule has 0 aliphatic rings. The molecule has 0 aromatic heterocycles. The van der Waals surface area contributed by atoms with E-state index in [1.165, 1.54) is 0 Å². The van der Waals surface area contributed by atoms with E-state index in [1.807, 2.05) is 36.2 Å². The van der Waals surface area contributed by atoms with Gasteiger partial charge in [0.15, 0.2) is 0 Å². The first-order chi connectivity index (χ1) is 7.63. The number of aliphatic hydroxyl groups excluding tert-OH is 1. The van der Waals surface area contributed by atoms with Crippen LogP contribution in [0.5, 0.6) is 0 Å². The highest BCUT2D eigenvalue weighted by atomic mass is 16.5. The zero-order chi connectivity index (χ0) is 12.0. The van der Waals surface area contributed by atoms with Gasteiger partial charge in [0.25, 0.3) is 0 Å². The Labute approximate surface area is 96.6 Å². The highest BCUT2D eigenvalue weighted by Crippen LogP contribution is 2.12. The Morgan fingerprint density at radius 2 is 2.12 bits per heavy atom. The van der Waals surface area contributed by atoms with Crippen LogP contribution in [0, 0.1) is 0 Å². The molecule has 4 nitrogen and oxygen atoms in total. The number of ether oxygens (including phenoxy) is 1. The molecule has 3 N–H and O–H groups in total. The number of methoxy groups -OCH3 is 1. The number of hydrogen-bond donors (Lipinski definition) is 2. The van der Waals surface area contributed by atoms with Gasteiger partial charge >= 0.3 is 0 Å². The molecule has 4 heteroatoms. The molecule has 0 radical (unpaired) electrons. The van der Waals surface area contributed by atoms with Crippen molar-refractivity contribution >= 4 is 5.69 Å². The molecule has 1 aromatic rings. The maximum absolute atomic E-state index is 9.57. The average molecular weight is 224 g/mol. The minimum atomic E-state index is -0.458. The number of rotatable bonds is 6. The number of nitrogens with zero attached hydrogens (tertiary/aromatic N) is 1. The SMILES string of the molecule is COCC(O)CN(C)Cc1ccccc1N. The molecule has 90 valence electrons. The van der Waals surface area contributed by atoms with Crippen LogP contribution in [0.15, 0.2) is 24.3 Å².